The second kappa shape index (κ2) is 11.8. The molecule has 1 aromatic rings. The van der Waals surface area contributed by atoms with Crippen molar-refractivity contribution in [2.75, 3.05) is 40.0 Å². The summed E-state index contributed by atoms with van der Waals surface area (Å²) in [4.78, 5) is 25.2. The lowest BCUT2D eigenvalue weighted by Crippen LogP contribution is -2.42. The molecule has 8 heteroatoms. The quantitative estimate of drug-likeness (QED) is 0.666. The van der Waals surface area contributed by atoms with E-state index >= 15 is 0 Å². The third kappa shape index (κ3) is 7.36. The molecule has 2 rings (SSSR count). The molecule has 7 nitrogen and oxygen atoms in total. The summed E-state index contributed by atoms with van der Waals surface area (Å²) in [5.41, 5.74) is 0.449. The summed E-state index contributed by atoms with van der Waals surface area (Å²) in [5, 5.41) is 10.2. The lowest BCUT2D eigenvalue weighted by Gasteiger charge is -2.32. The minimum atomic E-state index is -0.630. The minimum Gasteiger partial charge on any atom is -0.491 e. The molecule has 0 radical (unpaired) electrons. The van der Waals surface area contributed by atoms with Crippen LogP contribution in [0.4, 0.5) is 0 Å². The zero-order valence-electron chi connectivity index (χ0n) is 15.8. The second-order valence-electron chi connectivity index (χ2n) is 6.31. The van der Waals surface area contributed by atoms with Crippen LogP contribution in [0.25, 0.3) is 0 Å². The number of ether oxygens (including phenoxy) is 3. The number of nitrogens with zero attached hydrogens (tertiary/aromatic N) is 1. The summed E-state index contributed by atoms with van der Waals surface area (Å²) >= 11 is 0. The first kappa shape index (κ1) is 23.2. The average Bonchev–Trinajstić information content (AvgIpc) is 2.67. The van der Waals surface area contributed by atoms with Crippen molar-refractivity contribution in [1.29, 1.82) is 0 Å². The molecule has 0 aromatic heterocycles. The summed E-state index contributed by atoms with van der Waals surface area (Å²) < 4.78 is 15.3. The fourth-order valence-electron chi connectivity index (χ4n) is 2.96. The Kier molecular flexibility index (Phi) is 10.1. The van der Waals surface area contributed by atoms with E-state index in [0.29, 0.717) is 24.5 Å². The number of benzene rings is 1. The highest BCUT2D eigenvalue weighted by Gasteiger charge is 2.26. The molecule has 1 aromatic carbocycles. The molecule has 1 aliphatic heterocycles. The van der Waals surface area contributed by atoms with E-state index in [4.69, 9.17) is 9.47 Å². The van der Waals surface area contributed by atoms with Crippen LogP contribution in [0.1, 0.15) is 30.1 Å². The van der Waals surface area contributed by atoms with Gasteiger partial charge < -0.3 is 24.2 Å². The Bertz CT molecular complexity index is 586. The molecular weight excluding hydrogens is 374 g/mol. The van der Waals surface area contributed by atoms with E-state index in [2.05, 4.69) is 9.64 Å². The third-order valence-corrected chi connectivity index (χ3v) is 4.39. The van der Waals surface area contributed by atoms with Crippen LogP contribution in [0, 0.1) is 5.92 Å². The molecule has 27 heavy (non-hydrogen) atoms. The Balaban J connectivity index is 0.00000364. The molecule has 152 valence electrons. The summed E-state index contributed by atoms with van der Waals surface area (Å²) in [6, 6.07) is 6.58. The van der Waals surface area contributed by atoms with E-state index in [1.54, 1.807) is 24.3 Å². The van der Waals surface area contributed by atoms with Crippen molar-refractivity contribution in [3.05, 3.63) is 29.8 Å². The molecule has 1 fully saturated rings. The van der Waals surface area contributed by atoms with Gasteiger partial charge in [-0.15, -0.1) is 12.4 Å². The van der Waals surface area contributed by atoms with Gasteiger partial charge in [0.15, 0.2) is 0 Å². The van der Waals surface area contributed by atoms with E-state index in [1.165, 1.54) is 7.11 Å². The SMILES string of the molecule is CCOC(=O)C1CCN(CC(O)COc2ccc(C(=O)OC)cc2)CC1.Cl. The van der Waals surface area contributed by atoms with Crippen molar-refractivity contribution in [2.45, 2.75) is 25.9 Å². The molecule has 1 N–H and O–H groups in total. The molecule has 1 aliphatic rings. The topological polar surface area (TPSA) is 85.3 Å². The van der Waals surface area contributed by atoms with Crippen LogP contribution >= 0.6 is 12.4 Å². The number of methoxy groups -OCH3 is 1. The van der Waals surface area contributed by atoms with Crippen LogP contribution < -0.4 is 4.74 Å². The predicted octanol–water partition coefficient (Wildman–Crippen LogP) is 1.91. The Morgan fingerprint density at radius 3 is 2.41 bits per heavy atom. The van der Waals surface area contributed by atoms with E-state index in [-0.39, 0.29) is 30.9 Å². The number of rotatable bonds is 8. The van der Waals surface area contributed by atoms with Gasteiger partial charge in [0.05, 0.1) is 25.2 Å². The van der Waals surface area contributed by atoms with E-state index < -0.39 is 12.1 Å². The monoisotopic (exact) mass is 401 g/mol. The largest absolute Gasteiger partial charge is 0.491 e. The van der Waals surface area contributed by atoms with Gasteiger partial charge >= 0.3 is 11.9 Å². The van der Waals surface area contributed by atoms with Gasteiger partial charge in [-0.05, 0) is 57.1 Å². The van der Waals surface area contributed by atoms with Crippen LogP contribution in [0.15, 0.2) is 24.3 Å². The van der Waals surface area contributed by atoms with Gasteiger partial charge in [-0.2, -0.15) is 0 Å². The zero-order chi connectivity index (χ0) is 18.9. The molecule has 0 saturated carbocycles. The maximum absolute atomic E-state index is 11.7. The molecule has 1 atom stereocenters. The van der Waals surface area contributed by atoms with Crippen molar-refractivity contribution in [2.24, 2.45) is 5.92 Å². The Morgan fingerprint density at radius 1 is 1.22 bits per heavy atom. The van der Waals surface area contributed by atoms with Gasteiger partial charge in [0.2, 0.25) is 0 Å². The first-order valence-corrected chi connectivity index (χ1v) is 8.91. The third-order valence-electron chi connectivity index (χ3n) is 4.39. The molecule has 1 saturated heterocycles. The van der Waals surface area contributed by atoms with Crippen molar-refractivity contribution in [3.63, 3.8) is 0 Å². The Morgan fingerprint density at radius 2 is 1.85 bits per heavy atom. The van der Waals surface area contributed by atoms with Crippen LogP contribution in [-0.4, -0.2) is 68.0 Å². The number of esters is 2. The van der Waals surface area contributed by atoms with Gasteiger partial charge in [0.25, 0.3) is 0 Å². The van der Waals surface area contributed by atoms with Crippen molar-refractivity contribution < 1.29 is 28.9 Å². The van der Waals surface area contributed by atoms with Gasteiger partial charge in [-0.3, -0.25) is 4.79 Å². The van der Waals surface area contributed by atoms with Gasteiger partial charge in [-0.25, -0.2) is 4.79 Å². The number of hydrogen-bond donors (Lipinski definition) is 1. The van der Waals surface area contributed by atoms with Gasteiger partial charge in [0.1, 0.15) is 18.5 Å². The molecule has 0 amide bonds. The standard InChI is InChI=1S/C19H27NO6.ClH/c1-3-25-19(23)15-8-10-20(11-9-15)12-16(21)13-26-17-6-4-14(5-7-17)18(22)24-2;/h4-7,15-16,21H,3,8-13H2,1-2H3;1H. The van der Waals surface area contributed by atoms with Crippen LogP contribution in [0.2, 0.25) is 0 Å². The number of halogens is 1. The van der Waals surface area contributed by atoms with Gasteiger partial charge in [0, 0.05) is 6.54 Å². The highest BCUT2D eigenvalue weighted by Crippen LogP contribution is 2.19. The van der Waals surface area contributed by atoms with E-state index in [9.17, 15) is 14.7 Å². The van der Waals surface area contributed by atoms with E-state index in [1.807, 2.05) is 6.92 Å². The zero-order valence-corrected chi connectivity index (χ0v) is 16.6. The molecule has 1 unspecified atom stereocenters. The number of piperidine rings is 1. The lowest BCUT2D eigenvalue weighted by molar-refractivity contribution is -0.149. The number of hydrogen-bond acceptors (Lipinski definition) is 7. The molecule has 1 heterocycles. The summed E-state index contributed by atoms with van der Waals surface area (Å²) in [6.45, 7) is 4.40. The summed E-state index contributed by atoms with van der Waals surface area (Å²) in [7, 11) is 1.33. The lowest BCUT2D eigenvalue weighted by atomic mass is 9.97. The highest BCUT2D eigenvalue weighted by molar-refractivity contribution is 5.89. The van der Waals surface area contributed by atoms with Crippen LogP contribution in [-0.2, 0) is 14.3 Å². The maximum Gasteiger partial charge on any atom is 0.337 e. The minimum absolute atomic E-state index is 0. The number of likely N-dealkylation sites (tertiary alicyclic amines) is 1. The number of carbonyl (C=O) groups is 2. The molecular formula is C19H28ClNO6. The van der Waals surface area contributed by atoms with Crippen LogP contribution in [0.5, 0.6) is 5.75 Å². The van der Waals surface area contributed by atoms with E-state index in [0.717, 1.165) is 25.9 Å². The maximum atomic E-state index is 11.7. The number of β-amino-alcohol motifs (C(OH)–C–C–N with tert-alkyl or cyclic N) is 1. The fraction of sp³-hybridized carbons (Fsp3) is 0.579. The van der Waals surface area contributed by atoms with Gasteiger partial charge in [-0.1, -0.05) is 0 Å². The number of carbonyl (C=O) groups excluding carboxylic acids is 2. The Labute approximate surface area is 166 Å². The van der Waals surface area contributed by atoms with Crippen molar-refractivity contribution in [3.8, 4) is 5.75 Å². The molecule has 0 bridgehead atoms. The predicted molar refractivity (Wildman–Crippen MR) is 102 cm³/mol. The molecule has 0 aliphatic carbocycles. The smallest absolute Gasteiger partial charge is 0.337 e. The summed E-state index contributed by atoms with van der Waals surface area (Å²) in [5.74, 6) is 0.0277. The summed E-state index contributed by atoms with van der Waals surface area (Å²) in [6.07, 6.45) is 0.873. The highest BCUT2D eigenvalue weighted by atomic mass is 35.5. The van der Waals surface area contributed by atoms with Crippen LogP contribution in [0.3, 0.4) is 0 Å². The van der Waals surface area contributed by atoms with Crippen molar-refractivity contribution >= 4 is 24.3 Å². The normalized spacial score (nSPS) is 16.1. The van der Waals surface area contributed by atoms with Crippen molar-refractivity contribution in [1.82, 2.24) is 4.90 Å². The Hall–Kier alpha value is -1.83. The first-order chi connectivity index (χ1) is 12.5. The number of aliphatic hydroxyl groups is 1. The second-order valence-corrected chi connectivity index (χ2v) is 6.31. The number of aliphatic hydroxyl groups excluding tert-OH is 1. The average molecular weight is 402 g/mol. The fourth-order valence-corrected chi connectivity index (χ4v) is 2.96. The molecule has 0 spiro atoms. The first-order valence-electron chi connectivity index (χ1n) is 8.91.